The Kier molecular flexibility index (Phi) is 4.53. The second kappa shape index (κ2) is 5.90. The summed E-state index contributed by atoms with van der Waals surface area (Å²) in [4.78, 5) is 10.1. The van der Waals surface area contributed by atoms with E-state index in [4.69, 9.17) is 14.2 Å². The Labute approximate surface area is 105 Å². The summed E-state index contributed by atoms with van der Waals surface area (Å²) in [6, 6.07) is 3.29. The van der Waals surface area contributed by atoms with Crippen molar-refractivity contribution in [2.24, 2.45) is 0 Å². The molecular formula is C12H15NO5. The van der Waals surface area contributed by atoms with Gasteiger partial charge >= 0.3 is 0 Å². The van der Waals surface area contributed by atoms with E-state index in [2.05, 4.69) is 0 Å². The van der Waals surface area contributed by atoms with Crippen molar-refractivity contribution in [3.8, 4) is 17.2 Å². The molecule has 0 amide bonds. The third kappa shape index (κ3) is 2.91. The maximum atomic E-state index is 10.6. The highest BCUT2D eigenvalue weighted by molar-refractivity contribution is 5.62. The quantitative estimate of drug-likeness (QED) is 0.595. The Morgan fingerprint density at radius 2 is 1.67 bits per heavy atom. The lowest BCUT2D eigenvalue weighted by molar-refractivity contribution is -0.422. The van der Waals surface area contributed by atoms with Gasteiger partial charge in [-0.3, -0.25) is 10.1 Å². The molecule has 18 heavy (non-hydrogen) atoms. The van der Waals surface area contributed by atoms with E-state index in [1.54, 1.807) is 12.1 Å². The third-order valence-electron chi connectivity index (χ3n) is 2.35. The van der Waals surface area contributed by atoms with E-state index in [0.717, 1.165) is 0 Å². The van der Waals surface area contributed by atoms with Gasteiger partial charge < -0.3 is 14.2 Å². The van der Waals surface area contributed by atoms with Gasteiger partial charge in [-0.1, -0.05) is 0 Å². The monoisotopic (exact) mass is 253 g/mol. The number of nitro groups is 1. The Hall–Kier alpha value is -2.24. The van der Waals surface area contributed by atoms with Crippen LogP contribution < -0.4 is 14.2 Å². The summed E-state index contributed by atoms with van der Waals surface area (Å²) < 4.78 is 15.5. The molecule has 0 heterocycles. The topological polar surface area (TPSA) is 70.8 Å². The van der Waals surface area contributed by atoms with Crippen LogP contribution in [0.3, 0.4) is 0 Å². The first-order valence-corrected chi connectivity index (χ1v) is 5.16. The van der Waals surface area contributed by atoms with Crippen LogP contribution in [0.5, 0.6) is 17.2 Å². The van der Waals surface area contributed by atoms with Gasteiger partial charge in [0, 0.05) is 13.0 Å². The zero-order valence-corrected chi connectivity index (χ0v) is 10.7. The predicted octanol–water partition coefficient (Wildman–Crippen LogP) is 2.35. The molecule has 0 saturated heterocycles. The standard InChI is InChI=1S/C12H15NO5/c1-8(13(14)15)5-9-6-10(16-2)12(18-4)11(7-9)17-3/h5-7H,1-4H3. The molecule has 98 valence electrons. The van der Waals surface area contributed by atoms with Crippen LogP contribution in [0.25, 0.3) is 6.08 Å². The lowest BCUT2D eigenvalue weighted by atomic mass is 10.1. The number of nitrogens with zero attached hydrogens (tertiary/aromatic N) is 1. The van der Waals surface area contributed by atoms with Crippen LogP contribution in [-0.2, 0) is 0 Å². The molecule has 6 heteroatoms. The molecule has 1 aromatic carbocycles. The number of rotatable bonds is 5. The fourth-order valence-corrected chi connectivity index (χ4v) is 1.48. The summed E-state index contributed by atoms with van der Waals surface area (Å²) in [5.74, 6) is 1.37. The molecule has 6 nitrogen and oxygen atoms in total. The lowest BCUT2D eigenvalue weighted by Gasteiger charge is -2.12. The van der Waals surface area contributed by atoms with Gasteiger partial charge in [-0.25, -0.2) is 0 Å². The maximum Gasteiger partial charge on any atom is 0.243 e. The van der Waals surface area contributed by atoms with Crippen molar-refractivity contribution in [3.63, 3.8) is 0 Å². The predicted molar refractivity (Wildman–Crippen MR) is 66.7 cm³/mol. The molecule has 1 rings (SSSR count). The van der Waals surface area contributed by atoms with Gasteiger partial charge in [0.25, 0.3) is 0 Å². The molecule has 0 spiro atoms. The highest BCUT2D eigenvalue weighted by Gasteiger charge is 2.13. The van der Waals surface area contributed by atoms with Gasteiger partial charge in [0.05, 0.1) is 26.3 Å². The largest absolute Gasteiger partial charge is 0.493 e. The van der Waals surface area contributed by atoms with E-state index < -0.39 is 4.92 Å². The molecule has 0 atom stereocenters. The molecular weight excluding hydrogens is 238 g/mol. The van der Waals surface area contributed by atoms with E-state index in [-0.39, 0.29) is 5.70 Å². The van der Waals surface area contributed by atoms with Crippen molar-refractivity contribution >= 4 is 6.08 Å². The van der Waals surface area contributed by atoms with Crippen molar-refractivity contribution in [1.29, 1.82) is 0 Å². The average molecular weight is 253 g/mol. The van der Waals surface area contributed by atoms with Crippen LogP contribution >= 0.6 is 0 Å². The molecule has 0 saturated carbocycles. The Morgan fingerprint density at radius 3 is 2.00 bits per heavy atom. The van der Waals surface area contributed by atoms with E-state index in [1.807, 2.05) is 0 Å². The number of hydrogen-bond donors (Lipinski definition) is 0. The fraction of sp³-hybridized carbons (Fsp3) is 0.333. The van der Waals surface area contributed by atoms with Crippen LogP contribution in [0.15, 0.2) is 17.8 Å². The maximum absolute atomic E-state index is 10.6. The molecule has 0 aliphatic carbocycles. The van der Waals surface area contributed by atoms with Crippen molar-refractivity contribution in [2.45, 2.75) is 6.92 Å². The van der Waals surface area contributed by atoms with Crippen molar-refractivity contribution in [3.05, 3.63) is 33.5 Å². The van der Waals surface area contributed by atoms with Gasteiger partial charge in [-0.2, -0.15) is 0 Å². The van der Waals surface area contributed by atoms with Gasteiger partial charge in [-0.15, -0.1) is 0 Å². The summed E-state index contributed by atoms with van der Waals surface area (Å²) in [5, 5.41) is 10.6. The number of allylic oxidation sites excluding steroid dienone is 1. The third-order valence-corrected chi connectivity index (χ3v) is 2.35. The first kappa shape index (κ1) is 13.8. The van der Waals surface area contributed by atoms with Gasteiger partial charge in [0.1, 0.15) is 0 Å². The van der Waals surface area contributed by atoms with Crippen LogP contribution in [-0.4, -0.2) is 26.3 Å². The average Bonchev–Trinajstić information content (AvgIpc) is 2.37. The summed E-state index contributed by atoms with van der Waals surface area (Å²) in [6.07, 6.45) is 1.44. The van der Waals surface area contributed by atoms with Crippen LogP contribution in [0.4, 0.5) is 0 Å². The van der Waals surface area contributed by atoms with Crippen LogP contribution in [0.1, 0.15) is 12.5 Å². The molecule has 1 aromatic rings. The number of benzene rings is 1. The van der Waals surface area contributed by atoms with Crippen molar-refractivity contribution in [1.82, 2.24) is 0 Å². The second-order valence-corrected chi connectivity index (χ2v) is 3.50. The molecule has 0 aliphatic rings. The second-order valence-electron chi connectivity index (χ2n) is 3.50. The first-order chi connectivity index (χ1) is 8.53. The Morgan fingerprint density at radius 1 is 1.17 bits per heavy atom. The smallest absolute Gasteiger partial charge is 0.243 e. The minimum atomic E-state index is -0.455. The van der Waals surface area contributed by atoms with Gasteiger partial charge in [0.2, 0.25) is 11.4 Å². The highest BCUT2D eigenvalue weighted by Crippen LogP contribution is 2.38. The minimum absolute atomic E-state index is 0.0317. The molecule has 0 aliphatic heterocycles. The van der Waals surface area contributed by atoms with Gasteiger partial charge in [-0.05, 0) is 17.7 Å². The normalized spacial score (nSPS) is 11.0. The summed E-state index contributed by atoms with van der Waals surface area (Å²) in [5.41, 5.74) is 0.642. The molecule has 0 bridgehead atoms. The lowest BCUT2D eigenvalue weighted by Crippen LogP contribution is -1.97. The fourth-order valence-electron chi connectivity index (χ4n) is 1.48. The van der Waals surface area contributed by atoms with E-state index in [9.17, 15) is 10.1 Å². The number of ether oxygens (including phenoxy) is 3. The minimum Gasteiger partial charge on any atom is -0.493 e. The molecule has 0 fully saturated rings. The Balaban J connectivity index is 3.32. The summed E-state index contributed by atoms with van der Waals surface area (Å²) in [7, 11) is 4.48. The molecule has 0 N–H and O–H groups in total. The SMILES string of the molecule is COc1cc(C=C(C)[N+](=O)[O-])cc(OC)c1OC. The van der Waals surface area contributed by atoms with E-state index in [0.29, 0.717) is 22.8 Å². The number of methoxy groups -OCH3 is 3. The summed E-state index contributed by atoms with van der Waals surface area (Å²) in [6.45, 7) is 1.42. The molecule has 0 aromatic heterocycles. The van der Waals surface area contributed by atoms with E-state index >= 15 is 0 Å². The highest BCUT2D eigenvalue weighted by atomic mass is 16.6. The Bertz CT molecular complexity index is 456. The summed E-state index contributed by atoms with van der Waals surface area (Å²) >= 11 is 0. The number of hydrogen-bond acceptors (Lipinski definition) is 5. The van der Waals surface area contributed by atoms with Crippen molar-refractivity contribution < 1.29 is 19.1 Å². The molecule has 0 unspecified atom stereocenters. The van der Waals surface area contributed by atoms with Gasteiger partial charge in [0.15, 0.2) is 11.5 Å². The molecule has 0 radical (unpaired) electrons. The first-order valence-electron chi connectivity index (χ1n) is 5.16. The van der Waals surface area contributed by atoms with Crippen LogP contribution in [0, 0.1) is 10.1 Å². The van der Waals surface area contributed by atoms with Crippen molar-refractivity contribution in [2.75, 3.05) is 21.3 Å². The zero-order valence-electron chi connectivity index (χ0n) is 10.7. The van der Waals surface area contributed by atoms with E-state index in [1.165, 1.54) is 34.3 Å². The van der Waals surface area contributed by atoms with Crippen LogP contribution in [0.2, 0.25) is 0 Å². The zero-order chi connectivity index (χ0) is 13.7.